The number of hydrogen-bond acceptors (Lipinski definition) is 7. The second-order valence-corrected chi connectivity index (χ2v) is 14.0. The average molecular weight is 661 g/mol. The first-order valence-electron chi connectivity index (χ1n) is 18.2. The SMILES string of the molecule is C=C(CC)C(N)CCC=O.CC.CC.CC(C)N=C(CNC(C)(C)C)C(C)C.CCC.CCNCC(C)(C)COC(C)(C)COC. The molecule has 0 aliphatic heterocycles. The topological polar surface area (TPSA) is 98.0 Å². The predicted molar refractivity (Wildman–Crippen MR) is 211 cm³/mol. The van der Waals surface area contributed by atoms with Crippen molar-refractivity contribution in [2.24, 2.45) is 22.1 Å². The normalized spacial score (nSPS) is 12.0. The molecule has 0 heterocycles. The Morgan fingerprint density at radius 1 is 0.913 bits per heavy atom. The number of aldehydes is 1. The molecule has 0 aromatic rings. The summed E-state index contributed by atoms with van der Waals surface area (Å²) in [6, 6.07) is 0.407. The smallest absolute Gasteiger partial charge is 0.120 e. The van der Waals surface area contributed by atoms with Gasteiger partial charge in [-0.05, 0) is 73.8 Å². The monoisotopic (exact) mass is 661 g/mol. The van der Waals surface area contributed by atoms with Crippen molar-refractivity contribution in [2.75, 3.05) is 40.0 Å². The largest absolute Gasteiger partial charge is 0.382 e. The standard InChI is InChI=1S/C12H26N2.C12H27NO2.C8H15NO.C3H8.2C2H6/c1-9(2)11(14-10(3)4)8-13-12(5,6)7;1-7-13-8-11(2,3)9-15-12(4,5)10-14-6;1-3-7(2)8(9)5-4-6-10;1-3-2;2*1-2/h9-10,13H,8H2,1-7H3;13H,7-10H2,1-6H3;6,8H,2-5,9H2,1H3;3H2,1-2H3;2*1-2H3. The maximum Gasteiger partial charge on any atom is 0.120 e. The number of aliphatic imine (C=N–C) groups is 1. The number of nitrogens with zero attached hydrogens (tertiary/aromatic N) is 1. The molecule has 46 heavy (non-hydrogen) atoms. The van der Waals surface area contributed by atoms with Crippen LogP contribution < -0.4 is 16.4 Å². The van der Waals surface area contributed by atoms with Gasteiger partial charge in [0, 0.05) is 55.4 Å². The molecule has 0 saturated heterocycles. The molecule has 0 aliphatic carbocycles. The van der Waals surface area contributed by atoms with Crippen molar-refractivity contribution in [1.82, 2.24) is 10.6 Å². The van der Waals surface area contributed by atoms with Gasteiger partial charge in [0.1, 0.15) is 6.29 Å². The van der Waals surface area contributed by atoms with E-state index in [1.165, 1.54) is 12.1 Å². The van der Waals surface area contributed by atoms with Crippen LogP contribution >= 0.6 is 0 Å². The Balaban J connectivity index is -0.000000120. The number of carbonyl (C=O) groups excluding carboxylic acids is 1. The maximum absolute atomic E-state index is 9.94. The predicted octanol–water partition coefficient (Wildman–Crippen LogP) is 9.67. The highest BCUT2D eigenvalue weighted by Crippen LogP contribution is 2.19. The van der Waals surface area contributed by atoms with Crippen molar-refractivity contribution < 1.29 is 14.3 Å². The van der Waals surface area contributed by atoms with Gasteiger partial charge in [-0.15, -0.1) is 0 Å². The van der Waals surface area contributed by atoms with Crippen LogP contribution in [0.3, 0.4) is 0 Å². The van der Waals surface area contributed by atoms with E-state index in [-0.39, 0.29) is 22.6 Å². The Morgan fingerprint density at radius 3 is 1.72 bits per heavy atom. The number of carbonyl (C=O) groups is 1. The van der Waals surface area contributed by atoms with E-state index >= 15 is 0 Å². The highest BCUT2D eigenvalue weighted by molar-refractivity contribution is 5.88. The molecule has 0 aliphatic rings. The molecule has 0 spiro atoms. The number of rotatable bonds is 17. The van der Waals surface area contributed by atoms with Crippen LogP contribution in [0.5, 0.6) is 0 Å². The highest BCUT2D eigenvalue weighted by atomic mass is 16.5. The van der Waals surface area contributed by atoms with Gasteiger partial charge >= 0.3 is 0 Å². The van der Waals surface area contributed by atoms with E-state index in [9.17, 15) is 4.79 Å². The van der Waals surface area contributed by atoms with Crippen LogP contribution in [-0.4, -0.2) is 75.2 Å². The molecule has 7 heteroatoms. The Hall–Kier alpha value is -1.12. The van der Waals surface area contributed by atoms with Crippen LogP contribution in [0, 0.1) is 11.3 Å². The van der Waals surface area contributed by atoms with E-state index in [1.807, 2.05) is 34.6 Å². The molecular formula is C39H88N4O3. The molecule has 0 radical (unpaired) electrons. The summed E-state index contributed by atoms with van der Waals surface area (Å²) in [4.78, 5) is 14.6. The zero-order chi connectivity index (χ0) is 38.0. The lowest BCUT2D eigenvalue weighted by Gasteiger charge is -2.31. The molecule has 4 N–H and O–H groups in total. The summed E-state index contributed by atoms with van der Waals surface area (Å²) in [7, 11) is 1.70. The number of nitrogens with two attached hydrogens (primary N) is 1. The first-order chi connectivity index (χ1) is 21.2. The van der Waals surface area contributed by atoms with E-state index in [1.54, 1.807) is 7.11 Å². The Bertz CT molecular complexity index is 667. The molecule has 0 bridgehead atoms. The van der Waals surface area contributed by atoms with Gasteiger partial charge in [0.05, 0.1) is 18.8 Å². The summed E-state index contributed by atoms with van der Waals surface area (Å²) in [5.74, 6) is 0.534. The van der Waals surface area contributed by atoms with Crippen LogP contribution in [0.15, 0.2) is 17.1 Å². The molecule has 0 aromatic heterocycles. The summed E-state index contributed by atoms with van der Waals surface area (Å²) < 4.78 is 11.0. The summed E-state index contributed by atoms with van der Waals surface area (Å²) in [6.07, 6.45) is 4.32. The van der Waals surface area contributed by atoms with Gasteiger partial charge in [-0.1, -0.05) is 102 Å². The summed E-state index contributed by atoms with van der Waals surface area (Å²) in [5.41, 5.74) is 8.10. The number of ether oxygens (including phenoxy) is 2. The van der Waals surface area contributed by atoms with Gasteiger partial charge in [0.15, 0.2) is 0 Å². The van der Waals surface area contributed by atoms with Crippen molar-refractivity contribution in [2.45, 2.75) is 180 Å². The minimum absolute atomic E-state index is 0.00944. The second-order valence-electron chi connectivity index (χ2n) is 14.0. The Morgan fingerprint density at radius 2 is 1.39 bits per heavy atom. The molecule has 7 nitrogen and oxygen atoms in total. The fourth-order valence-electron chi connectivity index (χ4n) is 3.09. The minimum Gasteiger partial charge on any atom is -0.382 e. The molecule has 0 fully saturated rings. The highest BCUT2D eigenvalue weighted by Gasteiger charge is 2.24. The van der Waals surface area contributed by atoms with Gasteiger partial charge in [0.25, 0.3) is 0 Å². The van der Waals surface area contributed by atoms with Gasteiger partial charge in [-0.3, -0.25) is 4.99 Å². The molecular weight excluding hydrogens is 572 g/mol. The second kappa shape index (κ2) is 36.7. The van der Waals surface area contributed by atoms with E-state index in [2.05, 4.69) is 119 Å². The van der Waals surface area contributed by atoms with E-state index < -0.39 is 0 Å². The Kier molecular flexibility index (Phi) is 45.6. The van der Waals surface area contributed by atoms with E-state index in [4.69, 9.17) is 15.2 Å². The summed E-state index contributed by atoms with van der Waals surface area (Å²) in [5, 5.41) is 6.82. The zero-order valence-electron chi connectivity index (χ0n) is 35.1. The summed E-state index contributed by atoms with van der Waals surface area (Å²) in [6.45, 7) is 48.1. The molecule has 0 rings (SSSR count). The fourth-order valence-corrected chi connectivity index (χ4v) is 3.09. The van der Waals surface area contributed by atoms with E-state index in [0.29, 0.717) is 25.0 Å². The fraction of sp³-hybridized carbons (Fsp3) is 0.897. The van der Waals surface area contributed by atoms with Crippen LogP contribution in [0.1, 0.15) is 157 Å². The lowest BCUT2D eigenvalue weighted by Crippen LogP contribution is -2.40. The van der Waals surface area contributed by atoms with Crippen molar-refractivity contribution >= 4 is 12.0 Å². The molecule has 0 aromatic carbocycles. The van der Waals surface area contributed by atoms with Crippen LogP contribution in [0.4, 0.5) is 0 Å². The quantitative estimate of drug-likeness (QED) is 0.0816. The Labute approximate surface area is 291 Å². The van der Waals surface area contributed by atoms with Gasteiger partial charge in [-0.2, -0.15) is 0 Å². The zero-order valence-corrected chi connectivity index (χ0v) is 35.1. The third-order valence-electron chi connectivity index (χ3n) is 5.66. The third-order valence-corrected chi connectivity index (χ3v) is 5.66. The van der Waals surface area contributed by atoms with Crippen molar-refractivity contribution in [3.05, 3.63) is 12.2 Å². The van der Waals surface area contributed by atoms with Crippen LogP contribution in [-0.2, 0) is 14.3 Å². The lowest BCUT2D eigenvalue weighted by molar-refractivity contribution is -0.107. The van der Waals surface area contributed by atoms with Gasteiger partial charge in [-0.25, -0.2) is 0 Å². The van der Waals surface area contributed by atoms with E-state index in [0.717, 1.165) is 50.9 Å². The van der Waals surface area contributed by atoms with Gasteiger partial charge < -0.3 is 30.6 Å². The molecule has 1 atom stereocenters. The first-order valence-corrected chi connectivity index (χ1v) is 18.2. The third kappa shape index (κ3) is 49.8. The van der Waals surface area contributed by atoms with Crippen molar-refractivity contribution in [3.8, 4) is 0 Å². The van der Waals surface area contributed by atoms with Crippen molar-refractivity contribution in [1.29, 1.82) is 0 Å². The molecule has 282 valence electrons. The first kappa shape index (κ1) is 57.2. The van der Waals surface area contributed by atoms with Crippen molar-refractivity contribution in [3.63, 3.8) is 0 Å². The minimum atomic E-state index is -0.196. The maximum atomic E-state index is 9.94. The average Bonchev–Trinajstić information content (AvgIpc) is 2.98. The number of methoxy groups -OCH3 is 1. The number of nitrogens with one attached hydrogen (secondary N) is 2. The van der Waals surface area contributed by atoms with Crippen LogP contribution in [0.2, 0.25) is 0 Å². The molecule has 1 unspecified atom stereocenters. The lowest BCUT2D eigenvalue weighted by atomic mass is 9.94. The summed E-state index contributed by atoms with van der Waals surface area (Å²) >= 11 is 0. The molecule has 0 saturated carbocycles. The van der Waals surface area contributed by atoms with Crippen LogP contribution in [0.25, 0.3) is 0 Å². The number of hydrogen-bond donors (Lipinski definition) is 3. The van der Waals surface area contributed by atoms with Gasteiger partial charge in [0.2, 0.25) is 0 Å². The molecule has 0 amide bonds.